The highest BCUT2D eigenvalue weighted by Gasteiger charge is 2.48. The highest BCUT2D eigenvalue weighted by molar-refractivity contribution is 6.30. The lowest BCUT2D eigenvalue weighted by Crippen LogP contribution is -2.46. The maximum Gasteiger partial charge on any atom is 0.278 e. The van der Waals surface area contributed by atoms with Crippen molar-refractivity contribution in [2.75, 3.05) is 28.8 Å². The third-order valence-corrected chi connectivity index (χ3v) is 8.62. The monoisotopic (exact) mass is 549 g/mol. The van der Waals surface area contributed by atoms with Crippen molar-refractivity contribution in [1.29, 1.82) is 0 Å². The van der Waals surface area contributed by atoms with Crippen LogP contribution in [0.25, 0.3) is 43.1 Å². The topological polar surface area (TPSA) is 148 Å². The molecule has 10 nitrogen and oxygen atoms in total. The minimum absolute atomic E-state index is 0.0690. The molecule has 0 amide bonds. The minimum Gasteiger partial charge on any atom is -0.394 e. The summed E-state index contributed by atoms with van der Waals surface area (Å²) >= 11 is 0. The van der Waals surface area contributed by atoms with E-state index in [1.165, 1.54) is 26.9 Å². The van der Waals surface area contributed by atoms with E-state index in [1.54, 1.807) is 4.90 Å². The number of aliphatic hydroxyl groups is 3. The zero-order chi connectivity index (χ0) is 28.0. The number of aromatic amines is 1. The number of nitrogens with zero attached hydrogens (tertiary/aromatic N) is 3. The summed E-state index contributed by atoms with van der Waals surface area (Å²) in [6, 6.07) is 23.2. The predicted molar refractivity (Wildman–Crippen MR) is 158 cm³/mol. The van der Waals surface area contributed by atoms with Gasteiger partial charge < -0.3 is 35.6 Å². The Morgan fingerprint density at radius 2 is 1.63 bits per heavy atom. The van der Waals surface area contributed by atoms with Gasteiger partial charge in [-0.05, 0) is 48.7 Å². The molecule has 5 aromatic carbocycles. The molecule has 2 aliphatic rings. The highest BCUT2D eigenvalue weighted by atomic mass is 16.6. The van der Waals surface area contributed by atoms with Crippen molar-refractivity contribution in [2.24, 2.45) is 0 Å². The molecule has 10 heteroatoms. The number of benzene rings is 5. The summed E-state index contributed by atoms with van der Waals surface area (Å²) in [5, 5.41) is 40.1. The van der Waals surface area contributed by atoms with Crippen molar-refractivity contribution in [3.8, 4) is 0 Å². The van der Waals surface area contributed by atoms with Crippen molar-refractivity contribution in [3.05, 3.63) is 82.6 Å². The molecular weight excluding hydrogens is 522 g/mol. The number of nitrogen functional groups attached to an aromatic ring is 1. The van der Waals surface area contributed by atoms with Crippen LogP contribution in [0.1, 0.15) is 5.56 Å². The Balaban J connectivity index is 1.32. The van der Waals surface area contributed by atoms with E-state index in [4.69, 9.17) is 10.5 Å². The molecule has 41 heavy (non-hydrogen) atoms. The maximum atomic E-state index is 13.3. The van der Waals surface area contributed by atoms with Gasteiger partial charge in [0.05, 0.1) is 13.3 Å². The standard InChI is InChI=1S/C31H27N5O5/c32-31-33-28-25(29(40)34-31)35(14-36(28)30-27(39)26(38)22(13-37)41-30)12-21-18-7-2-1-6-17(18)19-10-8-15-4-3-5-16-9-11-20(21)24(19)23(15)16/h1-11,22,26-27,30,37-39H,12-14H2,(H3,32,33,34,40)/t22-,26-,27-,30-/m1/s1. The number of nitrogens with two attached hydrogens (primary N) is 1. The first-order valence-electron chi connectivity index (χ1n) is 13.6. The largest absolute Gasteiger partial charge is 0.394 e. The van der Waals surface area contributed by atoms with Gasteiger partial charge in [-0.3, -0.25) is 9.78 Å². The van der Waals surface area contributed by atoms with Gasteiger partial charge in [0.2, 0.25) is 5.95 Å². The number of anilines is 3. The number of fused-ring (bicyclic) bond motifs is 3. The van der Waals surface area contributed by atoms with Crippen LogP contribution in [0.5, 0.6) is 0 Å². The van der Waals surface area contributed by atoms with Crippen LogP contribution in [-0.2, 0) is 11.3 Å². The molecule has 1 aromatic heterocycles. The molecule has 0 aliphatic carbocycles. The molecule has 1 saturated heterocycles. The third-order valence-electron chi connectivity index (χ3n) is 8.62. The molecule has 0 saturated carbocycles. The second-order valence-electron chi connectivity index (χ2n) is 10.9. The first-order chi connectivity index (χ1) is 19.9. The molecule has 6 N–H and O–H groups in total. The Morgan fingerprint density at radius 3 is 2.37 bits per heavy atom. The molecule has 3 heterocycles. The van der Waals surface area contributed by atoms with Gasteiger partial charge in [0.25, 0.3) is 5.56 Å². The average molecular weight is 550 g/mol. The van der Waals surface area contributed by atoms with Gasteiger partial charge >= 0.3 is 0 Å². The first kappa shape index (κ1) is 24.3. The van der Waals surface area contributed by atoms with Crippen LogP contribution in [0.2, 0.25) is 0 Å². The fourth-order valence-electron chi connectivity index (χ4n) is 6.79. The summed E-state index contributed by atoms with van der Waals surface area (Å²) in [7, 11) is 0. The number of aromatic nitrogens is 2. The van der Waals surface area contributed by atoms with E-state index in [0.29, 0.717) is 12.2 Å². The van der Waals surface area contributed by atoms with E-state index in [0.717, 1.165) is 21.7 Å². The summed E-state index contributed by atoms with van der Waals surface area (Å²) in [5.41, 5.74) is 6.87. The summed E-state index contributed by atoms with van der Waals surface area (Å²) < 4.78 is 5.83. The van der Waals surface area contributed by atoms with E-state index in [1.807, 2.05) is 17.0 Å². The molecule has 2 aliphatic heterocycles. The van der Waals surface area contributed by atoms with E-state index >= 15 is 0 Å². The average Bonchev–Trinajstić information content (AvgIpc) is 3.48. The number of aliphatic hydroxyl groups excluding tert-OH is 3. The Labute approximate surface area is 233 Å². The van der Waals surface area contributed by atoms with Crippen LogP contribution in [0, 0.1) is 0 Å². The summed E-state index contributed by atoms with van der Waals surface area (Å²) in [6.45, 7) is 0.0538. The smallest absolute Gasteiger partial charge is 0.278 e. The second kappa shape index (κ2) is 8.76. The Hall–Kier alpha value is -4.48. The molecule has 6 aromatic rings. The van der Waals surface area contributed by atoms with Gasteiger partial charge in [-0.25, -0.2) is 0 Å². The first-order valence-corrected chi connectivity index (χ1v) is 13.6. The van der Waals surface area contributed by atoms with Gasteiger partial charge in [-0.1, -0.05) is 66.7 Å². The normalized spacial score (nSPS) is 22.6. The maximum absolute atomic E-state index is 13.3. The van der Waals surface area contributed by atoms with E-state index in [2.05, 4.69) is 64.6 Å². The highest BCUT2D eigenvalue weighted by Crippen LogP contribution is 2.43. The van der Waals surface area contributed by atoms with Crippen LogP contribution in [0.4, 0.5) is 17.5 Å². The lowest BCUT2D eigenvalue weighted by molar-refractivity contribution is -0.0222. The van der Waals surface area contributed by atoms with Crippen molar-refractivity contribution >= 4 is 60.5 Å². The van der Waals surface area contributed by atoms with Crippen LogP contribution in [0.15, 0.2) is 71.5 Å². The lowest BCUT2D eigenvalue weighted by Gasteiger charge is -2.28. The molecule has 1 fully saturated rings. The molecular formula is C31H27N5O5. The van der Waals surface area contributed by atoms with Crippen molar-refractivity contribution in [1.82, 2.24) is 9.97 Å². The SMILES string of the molecule is Nc1nc2c(c(=O)[nH]1)N(Cc1c3ccccc3c3ccc4cccc5ccc1c3c54)CN2[C@@H]1O[C@H](CO)[C@@H](O)[C@H]1O. The Bertz CT molecular complexity index is 2030. The minimum atomic E-state index is -1.32. The van der Waals surface area contributed by atoms with Gasteiger partial charge in [-0.2, -0.15) is 4.98 Å². The predicted octanol–water partition coefficient (Wildman–Crippen LogP) is 2.63. The van der Waals surface area contributed by atoms with Crippen molar-refractivity contribution < 1.29 is 20.1 Å². The number of rotatable bonds is 4. The molecule has 4 atom stereocenters. The molecule has 206 valence electrons. The zero-order valence-corrected chi connectivity index (χ0v) is 21.9. The van der Waals surface area contributed by atoms with Gasteiger partial charge in [0.1, 0.15) is 24.0 Å². The fourth-order valence-corrected chi connectivity index (χ4v) is 6.79. The third kappa shape index (κ3) is 3.39. The van der Waals surface area contributed by atoms with Crippen molar-refractivity contribution in [2.45, 2.75) is 31.1 Å². The van der Waals surface area contributed by atoms with E-state index in [9.17, 15) is 20.1 Å². The summed E-state index contributed by atoms with van der Waals surface area (Å²) in [6.07, 6.45) is -4.60. The van der Waals surface area contributed by atoms with E-state index < -0.39 is 36.7 Å². The Kier molecular flexibility index (Phi) is 5.20. The summed E-state index contributed by atoms with van der Waals surface area (Å²) in [4.78, 5) is 23.9. The fraction of sp³-hybridized carbons (Fsp3) is 0.226. The summed E-state index contributed by atoms with van der Waals surface area (Å²) in [5.74, 6) is 0.184. The Morgan fingerprint density at radius 1 is 0.902 bits per heavy atom. The number of ether oxygens (including phenoxy) is 1. The molecule has 0 radical (unpaired) electrons. The molecule has 0 bridgehead atoms. The van der Waals surface area contributed by atoms with Crippen LogP contribution >= 0.6 is 0 Å². The number of H-pyrrole nitrogens is 1. The quantitative estimate of drug-likeness (QED) is 0.165. The van der Waals surface area contributed by atoms with Gasteiger partial charge in [0.15, 0.2) is 12.0 Å². The van der Waals surface area contributed by atoms with Crippen LogP contribution < -0.4 is 21.1 Å². The molecule has 8 rings (SSSR count). The number of hydrogen-bond donors (Lipinski definition) is 5. The van der Waals surface area contributed by atoms with Crippen LogP contribution in [-0.4, -0.2) is 63.1 Å². The molecule has 0 unspecified atom stereocenters. The van der Waals surface area contributed by atoms with E-state index in [-0.39, 0.29) is 18.4 Å². The zero-order valence-electron chi connectivity index (χ0n) is 21.9. The number of nitrogens with one attached hydrogen (secondary N) is 1. The van der Waals surface area contributed by atoms with Gasteiger partial charge in [-0.15, -0.1) is 0 Å². The molecule has 0 spiro atoms. The van der Waals surface area contributed by atoms with Gasteiger partial charge in [0, 0.05) is 6.54 Å². The van der Waals surface area contributed by atoms with Crippen LogP contribution in [0.3, 0.4) is 0 Å². The lowest BCUT2D eigenvalue weighted by atomic mass is 9.87. The number of hydrogen-bond acceptors (Lipinski definition) is 9. The second-order valence-corrected chi connectivity index (χ2v) is 10.9. The van der Waals surface area contributed by atoms with Crippen molar-refractivity contribution in [3.63, 3.8) is 0 Å².